The van der Waals surface area contributed by atoms with Crippen molar-refractivity contribution in [2.45, 2.75) is 165 Å². The molecule has 6 rings (SSSR count). The molecule has 0 radical (unpaired) electrons. The van der Waals surface area contributed by atoms with Crippen LogP contribution in [0.4, 0.5) is 0 Å². The molecule has 0 heterocycles. The van der Waals surface area contributed by atoms with Crippen molar-refractivity contribution in [2.75, 3.05) is 0 Å². The van der Waals surface area contributed by atoms with E-state index in [1.165, 1.54) is 57.8 Å². The average Bonchev–Trinajstić information content (AvgIpc) is 2.96. The molecule has 0 aromatic carbocycles. The number of hydrogen-bond donors (Lipinski definition) is 2. The summed E-state index contributed by atoms with van der Waals surface area (Å²) in [5, 5.41) is 19.7. The molecule has 0 saturated heterocycles. The van der Waals surface area contributed by atoms with Crippen LogP contribution in [0, 0.1) is 50.2 Å². The molecule has 6 aliphatic carbocycles. The second-order valence-electron chi connectivity index (χ2n) is 18.0. The van der Waals surface area contributed by atoms with E-state index in [0.29, 0.717) is 28.6 Å². The van der Waals surface area contributed by atoms with Crippen LogP contribution in [0.25, 0.3) is 0 Å². The molecule has 0 aromatic heterocycles. The summed E-state index contributed by atoms with van der Waals surface area (Å²) in [6.07, 6.45) is 22.0. The van der Waals surface area contributed by atoms with Crippen molar-refractivity contribution >= 4 is 11.9 Å². The van der Waals surface area contributed by atoms with Gasteiger partial charge in [-0.2, -0.15) is 0 Å². The molecule has 0 bridgehead atoms. The maximum absolute atomic E-state index is 12.0. The number of aliphatic carboxylic acids is 2. The Morgan fingerprint density at radius 3 is 1.95 bits per heavy atom. The fourth-order valence-electron chi connectivity index (χ4n) is 12.1. The Bertz CT molecular complexity index is 1210. The monoisotopic (exact) mass is 608 g/mol. The van der Waals surface area contributed by atoms with Gasteiger partial charge in [0.15, 0.2) is 0 Å². The number of fused-ring (bicyclic) bond motifs is 5. The van der Waals surface area contributed by atoms with Crippen molar-refractivity contribution < 1.29 is 19.8 Å². The summed E-state index contributed by atoms with van der Waals surface area (Å²) >= 11 is 0. The second kappa shape index (κ2) is 11.6. The number of carbonyl (C=O) groups is 2. The van der Waals surface area contributed by atoms with E-state index in [9.17, 15) is 19.8 Å². The van der Waals surface area contributed by atoms with Gasteiger partial charge in [-0.3, -0.25) is 9.59 Å². The largest absolute Gasteiger partial charge is 0.481 e. The van der Waals surface area contributed by atoms with Crippen LogP contribution in [0.1, 0.15) is 165 Å². The highest BCUT2D eigenvalue weighted by molar-refractivity contribution is 5.75. The summed E-state index contributed by atoms with van der Waals surface area (Å²) < 4.78 is 0. The van der Waals surface area contributed by atoms with Crippen LogP contribution in [0.3, 0.4) is 0 Å². The molecule has 9 atom stereocenters. The lowest BCUT2D eigenvalue weighted by Crippen LogP contribution is -2.54. The lowest BCUT2D eigenvalue weighted by Gasteiger charge is -2.59. The van der Waals surface area contributed by atoms with Crippen LogP contribution in [0.5, 0.6) is 0 Å². The third kappa shape index (κ3) is 5.34. The van der Waals surface area contributed by atoms with Crippen LogP contribution in [-0.2, 0) is 9.59 Å². The molecule has 0 aromatic rings. The molecule has 3 saturated carbocycles. The first-order chi connectivity index (χ1) is 20.5. The molecule has 3 fully saturated rings. The normalized spacial score (nSPS) is 46.6. The van der Waals surface area contributed by atoms with E-state index in [-0.39, 0.29) is 10.8 Å². The van der Waals surface area contributed by atoms with Crippen LogP contribution >= 0.6 is 0 Å². The van der Waals surface area contributed by atoms with E-state index in [1.54, 1.807) is 16.7 Å². The minimum Gasteiger partial charge on any atom is -0.481 e. The molecule has 9 unspecified atom stereocenters. The fraction of sp³-hybridized carbons (Fsp3) is 0.850. The summed E-state index contributed by atoms with van der Waals surface area (Å²) in [4.78, 5) is 23.9. The maximum Gasteiger partial charge on any atom is 0.309 e. The smallest absolute Gasteiger partial charge is 0.309 e. The van der Waals surface area contributed by atoms with Crippen molar-refractivity contribution in [2.24, 2.45) is 50.2 Å². The van der Waals surface area contributed by atoms with Gasteiger partial charge in [0.25, 0.3) is 0 Å². The van der Waals surface area contributed by atoms with Crippen LogP contribution < -0.4 is 0 Å². The van der Waals surface area contributed by atoms with Gasteiger partial charge in [-0.05, 0) is 143 Å². The predicted octanol–water partition coefficient (Wildman–Crippen LogP) is 11.0. The van der Waals surface area contributed by atoms with Crippen LogP contribution in [-0.4, -0.2) is 22.2 Å². The third-order valence-corrected chi connectivity index (χ3v) is 15.5. The average molecular weight is 609 g/mol. The van der Waals surface area contributed by atoms with E-state index >= 15 is 0 Å². The summed E-state index contributed by atoms with van der Waals surface area (Å²) in [5.74, 6) is 0.173. The van der Waals surface area contributed by atoms with Gasteiger partial charge in [0.05, 0.1) is 10.8 Å². The molecule has 4 nitrogen and oxygen atoms in total. The Morgan fingerprint density at radius 2 is 1.34 bits per heavy atom. The molecule has 2 N–H and O–H groups in total. The first-order valence-corrected chi connectivity index (χ1v) is 18.4. The van der Waals surface area contributed by atoms with Crippen molar-refractivity contribution in [3.05, 3.63) is 22.8 Å². The fourth-order valence-corrected chi connectivity index (χ4v) is 12.1. The lowest BCUT2D eigenvalue weighted by atomic mass is 9.45. The first-order valence-electron chi connectivity index (χ1n) is 18.4. The van der Waals surface area contributed by atoms with Gasteiger partial charge in [-0.15, -0.1) is 0 Å². The van der Waals surface area contributed by atoms with Crippen molar-refractivity contribution in [1.82, 2.24) is 0 Å². The Hall–Kier alpha value is -1.58. The van der Waals surface area contributed by atoms with Crippen LogP contribution in [0.15, 0.2) is 22.8 Å². The predicted molar refractivity (Wildman–Crippen MR) is 179 cm³/mol. The highest BCUT2D eigenvalue weighted by atomic mass is 16.4. The highest BCUT2D eigenvalue weighted by Crippen LogP contribution is 2.65. The van der Waals surface area contributed by atoms with Gasteiger partial charge in [-0.25, -0.2) is 0 Å². The van der Waals surface area contributed by atoms with Crippen molar-refractivity contribution in [3.8, 4) is 0 Å². The van der Waals surface area contributed by atoms with Gasteiger partial charge in [0.2, 0.25) is 0 Å². The van der Waals surface area contributed by atoms with Gasteiger partial charge in [0, 0.05) is 0 Å². The molecule has 248 valence electrons. The van der Waals surface area contributed by atoms with Crippen molar-refractivity contribution in [3.63, 3.8) is 0 Å². The van der Waals surface area contributed by atoms with Gasteiger partial charge < -0.3 is 10.2 Å². The molecule has 0 aliphatic heterocycles. The van der Waals surface area contributed by atoms with E-state index < -0.39 is 22.8 Å². The maximum atomic E-state index is 12.0. The summed E-state index contributed by atoms with van der Waals surface area (Å²) in [6, 6.07) is 0. The molecular formula is C40H64O4. The highest BCUT2D eigenvalue weighted by Gasteiger charge is 2.59. The summed E-state index contributed by atoms with van der Waals surface area (Å²) in [5.41, 5.74) is 5.20. The molecule has 4 heteroatoms. The molecular weight excluding hydrogens is 544 g/mol. The van der Waals surface area contributed by atoms with Crippen LogP contribution in [0.2, 0.25) is 0 Å². The van der Waals surface area contributed by atoms with Gasteiger partial charge in [-0.1, -0.05) is 83.6 Å². The summed E-state index contributed by atoms with van der Waals surface area (Å²) in [7, 11) is 0. The zero-order valence-electron chi connectivity index (χ0n) is 29.5. The SMILES string of the molecule is CCC1(C)C=C2CCC3C(C)(C(=O)O)CCCC3(C)C2CC1.CCC1(C)CCC2=C(CCC3C(C)(C(=O)O)CCCC23C)C1. The standard InChI is InChI=1S/2C20H32O2/c2*1-5-18(2)12-9-15-14(13-18)7-8-16-19(15,3)10-6-11-20(16,4)17(21)22/h16H,5-13H2,1-4H3,(H,21,22);13,15-16H,5-12H2,1-4H3,(H,21,22). The Balaban J connectivity index is 0.000000175. The molecule has 6 aliphatic rings. The Labute approximate surface area is 268 Å². The number of allylic oxidation sites excluding steroid dienone is 4. The first kappa shape index (κ1) is 33.8. The van der Waals surface area contributed by atoms with Crippen molar-refractivity contribution in [1.29, 1.82) is 0 Å². The lowest BCUT2D eigenvalue weighted by molar-refractivity contribution is -0.164. The van der Waals surface area contributed by atoms with E-state index in [2.05, 4.69) is 47.6 Å². The Morgan fingerprint density at radius 1 is 0.727 bits per heavy atom. The zero-order chi connectivity index (χ0) is 32.3. The topological polar surface area (TPSA) is 74.6 Å². The number of rotatable bonds is 4. The number of carboxylic acid groups (broad SMARTS) is 2. The van der Waals surface area contributed by atoms with Gasteiger partial charge in [0.1, 0.15) is 0 Å². The minimum absolute atomic E-state index is 0.147. The number of hydrogen-bond acceptors (Lipinski definition) is 2. The van der Waals surface area contributed by atoms with Gasteiger partial charge >= 0.3 is 11.9 Å². The second-order valence-corrected chi connectivity index (χ2v) is 18.0. The molecule has 44 heavy (non-hydrogen) atoms. The third-order valence-electron chi connectivity index (χ3n) is 15.5. The minimum atomic E-state index is -0.568. The summed E-state index contributed by atoms with van der Waals surface area (Å²) in [6.45, 7) is 18.3. The van der Waals surface area contributed by atoms with E-state index in [1.807, 2.05) is 13.8 Å². The number of carboxylic acids is 2. The quantitative estimate of drug-likeness (QED) is 0.311. The van der Waals surface area contributed by atoms with E-state index in [4.69, 9.17) is 0 Å². The Kier molecular flexibility index (Phi) is 8.89. The van der Waals surface area contributed by atoms with E-state index in [0.717, 1.165) is 51.4 Å². The zero-order valence-corrected chi connectivity index (χ0v) is 29.5. The molecule has 0 amide bonds. The molecule has 0 spiro atoms.